The molecule has 11 heteroatoms. The van der Waals surface area contributed by atoms with Crippen LogP contribution < -0.4 is 14.2 Å². The Bertz CT molecular complexity index is 1260. The number of nitrogens with zero attached hydrogens (tertiary/aromatic N) is 3. The van der Waals surface area contributed by atoms with E-state index in [4.69, 9.17) is 14.2 Å². The Morgan fingerprint density at radius 1 is 0.882 bits per heavy atom. The van der Waals surface area contributed by atoms with E-state index in [1.165, 1.54) is 30.7 Å². The van der Waals surface area contributed by atoms with Crippen molar-refractivity contribution in [2.24, 2.45) is 0 Å². The number of ether oxygens (including phenoxy) is 3. The summed E-state index contributed by atoms with van der Waals surface area (Å²) in [5.74, 6) is 1.29. The minimum absolute atomic E-state index is 0.114. The van der Waals surface area contributed by atoms with Gasteiger partial charge in [-0.25, -0.2) is 8.42 Å². The van der Waals surface area contributed by atoms with Gasteiger partial charge in [-0.3, -0.25) is 9.89 Å². The number of hydrogen-bond donors (Lipinski definition) is 1. The molecule has 34 heavy (non-hydrogen) atoms. The first-order valence-electron chi connectivity index (χ1n) is 10.6. The van der Waals surface area contributed by atoms with Gasteiger partial charge in [0.2, 0.25) is 10.0 Å². The second-order valence-electron chi connectivity index (χ2n) is 7.61. The van der Waals surface area contributed by atoms with Gasteiger partial charge in [-0.2, -0.15) is 9.40 Å². The number of amides is 1. The molecule has 0 aliphatic carbocycles. The number of hydrogen-bond acceptors (Lipinski definition) is 7. The third-order valence-corrected chi connectivity index (χ3v) is 7.61. The minimum atomic E-state index is -3.74. The highest BCUT2D eigenvalue weighted by Gasteiger charge is 2.31. The Morgan fingerprint density at radius 3 is 2.18 bits per heavy atom. The van der Waals surface area contributed by atoms with Crippen LogP contribution in [-0.4, -0.2) is 81.2 Å². The Balaban J connectivity index is 1.42. The predicted molar refractivity (Wildman–Crippen MR) is 125 cm³/mol. The highest BCUT2D eigenvalue weighted by atomic mass is 32.2. The molecule has 0 bridgehead atoms. The van der Waals surface area contributed by atoms with Gasteiger partial charge in [0.05, 0.1) is 31.9 Å². The van der Waals surface area contributed by atoms with Gasteiger partial charge in [-0.05, 0) is 42.5 Å². The summed E-state index contributed by atoms with van der Waals surface area (Å²) in [5.41, 5.74) is 1.84. The van der Waals surface area contributed by atoms with Crippen LogP contribution in [0, 0.1) is 0 Å². The number of aromatic amines is 1. The van der Waals surface area contributed by atoms with E-state index >= 15 is 0 Å². The molecule has 1 amide bonds. The Hall–Kier alpha value is -3.57. The lowest BCUT2D eigenvalue weighted by atomic mass is 10.1. The van der Waals surface area contributed by atoms with E-state index in [1.54, 1.807) is 24.1 Å². The van der Waals surface area contributed by atoms with E-state index in [2.05, 4.69) is 10.2 Å². The monoisotopic (exact) mass is 486 g/mol. The van der Waals surface area contributed by atoms with Gasteiger partial charge in [0.1, 0.15) is 11.4 Å². The molecule has 0 saturated carbocycles. The molecular formula is C23H26N4O6S. The van der Waals surface area contributed by atoms with Crippen LogP contribution in [-0.2, 0) is 10.0 Å². The topological polar surface area (TPSA) is 114 Å². The van der Waals surface area contributed by atoms with Crippen molar-refractivity contribution in [1.82, 2.24) is 19.4 Å². The van der Waals surface area contributed by atoms with Crippen LogP contribution >= 0.6 is 0 Å². The molecule has 2 aromatic carbocycles. The molecule has 1 aromatic heterocycles. The van der Waals surface area contributed by atoms with Crippen molar-refractivity contribution in [1.29, 1.82) is 0 Å². The highest BCUT2D eigenvalue weighted by Crippen LogP contribution is 2.31. The molecule has 3 aromatic rings. The van der Waals surface area contributed by atoms with Crippen LogP contribution in [0.25, 0.3) is 11.3 Å². The maximum Gasteiger partial charge on any atom is 0.271 e. The third kappa shape index (κ3) is 4.57. The van der Waals surface area contributed by atoms with Gasteiger partial charge in [-0.15, -0.1) is 0 Å². The van der Waals surface area contributed by atoms with E-state index in [1.807, 2.05) is 24.3 Å². The van der Waals surface area contributed by atoms with Gasteiger partial charge in [0, 0.05) is 37.8 Å². The van der Waals surface area contributed by atoms with Crippen molar-refractivity contribution in [3.05, 3.63) is 54.2 Å². The fraction of sp³-hybridized carbons (Fsp3) is 0.304. The molecule has 1 aliphatic rings. The van der Waals surface area contributed by atoms with Gasteiger partial charge in [0.25, 0.3) is 5.91 Å². The van der Waals surface area contributed by atoms with Crippen molar-refractivity contribution >= 4 is 15.9 Å². The second-order valence-corrected chi connectivity index (χ2v) is 9.55. The fourth-order valence-corrected chi connectivity index (χ4v) is 5.21. The first kappa shape index (κ1) is 23.6. The summed E-state index contributed by atoms with van der Waals surface area (Å²) < 4.78 is 43.2. The Kier molecular flexibility index (Phi) is 6.75. The molecule has 10 nitrogen and oxygen atoms in total. The van der Waals surface area contributed by atoms with E-state index < -0.39 is 10.0 Å². The van der Waals surface area contributed by atoms with E-state index in [0.717, 1.165) is 11.3 Å². The quantitative estimate of drug-likeness (QED) is 0.545. The van der Waals surface area contributed by atoms with Crippen LogP contribution in [0.5, 0.6) is 17.2 Å². The average Bonchev–Trinajstić information content (AvgIpc) is 3.38. The molecule has 2 heterocycles. The first-order chi connectivity index (χ1) is 16.4. The van der Waals surface area contributed by atoms with Gasteiger partial charge >= 0.3 is 0 Å². The number of carbonyl (C=O) groups excluding carboxylic acids is 1. The van der Waals surface area contributed by atoms with Crippen molar-refractivity contribution in [2.75, 3.05) is 47.5 Å². The fourth-order valence-electron chi connectivity index (χ4n) is 3.77. The molecular weight excluding hydrogens is 460 g/mol. The van der Waals surface area contributed by atoms with Crippen LogP contribution in [0.3, 0.4) is 0 Å². The molecule has 0 unspecified atom stereocenters. The smallest absolute Gasteiger partial charge is 0.271 e. The highest BCUT2D eigenvalue weighted by molar-refractivity contribution is 7.89. The van der Waals surface area contributed by atoms with E-state index in [9.17, 15) is 13.2 Å². The molecule has 1 fully saturated rings. The van der Waals surface area contributed by atoms with Gasteiger partial charge in [0.15, 0.2) is 11.5 Å². The van der Waals surface area contributed by atoms with Crippen LogP contribution in [0.15, 0.2) is 53.4 Å². The summed E-state index contributed by atoms with van der Waals surface area (Å²) in [5, 5.41) is 7.03. The Morgan fingerprint density at radius 2 is 1.56 bits per heavy atom. The minimum Gasteiger partial charge on any atom is -0.497 e. The Labute approximate surface area is 198 Å². The van der Waals surface area contributed by atoms with E-state index in [0.29, 0.717) is 22.9 Å². The van der Waals surface area contributed by atoms with Crippen LogP contribution in [0.1, 0.15) is 10.5 Å². The molecule has 1 saturated heterocycles. The first-order valence-corrected chi connectivity index (χ1v) is 12.0. The molecule has 0 atom stereocenters. The van der Waals surface area contributed by atoms with Crippen molar-refractivity contribution in [3.8, 4) is 28.5 Å². The van der Waals surface area contributed by atoms with E-state index in [-0.39, 0.29) is 37.0 Å². The van der Waals surface area contributed by atoms with Gasteiger partial charge in [-0.1, -0.05) is 0 Å². The maximum absolute atomic E-state index is 13.1. The number of aromatic nitrogens is 2. The molecule has 4 rings (SSSR count). The number of piperazine rings is 1. The lowest BCUT2D eigenvalue weighted by molar-refractivity contribution is 0.0692. The number of benzene rings is 2. The largest absolute Gasteiger partial charge is 0.497 e. The van der Waals surface area contributed by atoms with Crippen LogP contribution in [0.2, 0.25) is 0 Å². The van der Waals surface area contributed by atoms with Gasteiger partial charge < -0.3 is 19.1 Å². The zero-order chi connectivity index (χ0) is 24.3. The molecule has 0 radical (unpaired) electrons. The summed E-state index contributed by atoms with van der Waals surface area (Å²) in [7, 11) is 0.795. The SMILES string of the molecule is COc1ccc(-c2cc(C(=O)N3CCN(S(=O)(=O)c4ccc(OC)c(OC)c4)CC3)[nH]n2)cc1. The third-order valence-electron chi connectivity index (χ3n) is 5.71. The molecule has 1 N–H and O–H groups in total. The summed E-state index contributed by atoms with van der Waals surface area (Å²) in [6.07, 6.45) is 0. The number of rotatable bonds is 7. The summed E-state index contributed by atoms with van der Waals surface area (Å²) in [6, 6.07) is 13.5. The molecule has 0 spiro atoms. The van der Waals surface area contributed by atoms with Crippen LogP contribution in [0.4, 0.5) is 0 Å². The lowest BCUT2D eigenvalue weighted by Crippen LogP contribution is -2.50. The van der Waals surface area contributed by atoms with Crippen molar-refractivity contribution < 1.29 is 27.4 Å². The zero-order valence-electron chi connectivity index (χ0n) is 19.1. The summed E-state index contributed by atoms with van der Waals surface area (Å²) in [6.45, 7) is 0.897. The summed E-state index contributed by atoms with van der Waals surface area (Å²) >= 11 is 0. The number of nitrogens with one attached hydrogen (secondary N) is 1. The normalized spacial score (nSPS) is 14.6. The number of carbonyl (C=O) groups is 1. The number of sulfonamides is 1. The standard InChI is InChI=1S/C23H26N4O6S/c1-31-17-6-4-16(5-7-17)19-15-20(25-24-19)23(28)26-10-12-27(13-11-26)34(29,30)18-8-9-21(32-2)22(14-18)33-3/h4-9,14-15H,10-13H2,1-3H3,(H,24,25). The molecule has 1 aliphatic heterocycles. The average molecular weight is 487 g/mol. The second kappa shape index (κ2) is 9.74. The lowest BCUT2D eigenvalue weighted by Gasteiger charge is -2.33. The predicted octanol–water partition coefficient (Wildman–Crippen LogP) is 2.25. The van der Waals surface area contributed by atoms with Crippen molar-refractivity contribution in [3.63, 3.8) is 0 Å². The zero-order valence-corrected chi connectivity index (χ0v) is 20.0. The number of H-pyrrole nitrogens is 1. The maximum atomic E-state index is 13.1. The molecule has 180 valence electrons. The summed E-state index contributed by atoms with van der Waals surface area (Å²) in [4.78, 5) is 14.7. The number of methoxy groups -OCH3 is 3. The van der Waals surface area contributed by atoms with Crippen molar-refractivity contribution in [2.45, 2.75) is 4.90 Å².